The van der Waals surface area contributed by atoms with Crippen LogP contribution in [-0.2, 0) is 9.59 Å². The lowest BCUT2D eigenvalue weighted by molar-refractivity contribution is -0.171. The Kier molecular flexibility index (Phi) is 14.6. The SMILES string of the molecule is CC1N=CSC1c1ccc([C@H](C)NC(=O)[C@@H]2C[C@@H](O)CN2C(=O)[C@@H](c2cc(N3CCC(CN4CC5(CCN5C5CC(Oc6cc(N7C8CC[C@@H]7CN(c7cc(-c9ccccc9O)nnc7N)C8)ccn6)C5)C4)CC3)no2)C(C)C)cc1. The number of piperidine rings is 1. The first kappa shape index (κ1) is 53.8. The Morgan fingerprint density at radius 1 is 0.901 bits per heavy atom. The summed E-state index contributed by atoms with van der Waals surface area (Å²) < 4.78 is 12.6. The van der Waals surface area contributed by atoms with Gasteiger partial charge >= 0.3 is 0 Å². The number of β-amino-alcohol motifs (C(OH)–C–C–N with tert-alkyl or cyclic N) is 1. The number of para-hydroxylation sites is 1. The number of carbonyl (C=O) groups is 2. The molecule has 6 saturated heterocycles. The number of carbonyl (C=O) groups excluding carboxylic acids is 2. The van der Waals surface area contributed by atoms with Gasteiger partial charge in [0.05, 0.1) is 40.4 Å². The Hall–Kier alpha value is -6.48. The number of hydrogen-bond acceptors (Lipinski definition) is 18. The quantitative estimate of drug-likeness (QED) is 0.0779. The largest absolute Gasteiger partial charge is 0.507 e. The number of anilines is 4. The van der Waals surface area contributed by atoms with E-state index in [1.165, 1.54) is 12.0 Å². The van der Waals surface area contributed by atoms with Crippen molar-refractivity contribution in [1.82, 2.24) is 40.4 Å². The van der Waals surface area contributed by atoms with Crippen LogP contribution in [0.15, 0.2) is 88.5 Å². The molecule has 5 aromatic rings. The molecule has 428 valence electrons. The second-order valence-corrected chi connectivity index (χ2v) is 25.8. The number of nitrogens with two attached hydrogens (primary N) is 1. The van der Waals surface area contributed by atoms with Crippen molar-refractivity contribution in [3.63, 3.8) is 0 Å². The zero-order chi connectivity index (χ0) is 55.7. The summed E-state index contributed by atoms with van der Waals surface area (Å²) in [5, 5.41) is 37.8. The molecule has 2 aromatic carbocycles. The molecular weight excluding hydrogens is 1040 g/mol. The second kappa shape index (κ2) is 22.0. The van der Waals surface area contributed by atoms with Crippen molar-refractivity contribution in [2.75, 3.05) is 79.3 Å². The summed E-state index contributed by atoms with van der Waals surface area (Å²) in [6.07, 6.45) is 9.07. The number of benzene rings is 2. The van der Waals surface area contributed by atoms with Crippen molar-refractivity contribution in [3.8, 4) is 22.9 Å². The minimum atomic E-state index is -0.795. The zero-order valence-electron chi connectivity index (χ0n) is 47.0. The first-order chi connectivity index (χ1) is 39.2. The number of aromatic hydroxyl groups is 1. The lowest BCUT2D eigenvalue weighted by Gasteiger charge is -2.67. The Morgan fingerprint density at radius 3 is 2.37 bits per heavy atom. The summed E-state index contributed by atoms with van der Waals surface area (Å²) >= 11 is 1.72. The Bertz CT molecular complexity index is 3110. The van der Waals surface area contributed by atoms with E-state index in [4.69, 9.17) is 15.0 Å². The van der Waals surface area contributed by atoms with Gasteiger partial charge in [0.15, 0.2) is 17.4 Å². The third-order valence-electron chi connectivity index (χ3n) is 19.2. The molecule has 0 radical (unpaired) electrons. The Labute approximate surface area is 478 Å². The highest BCUT2D eigenvalue weighted by Gasteiger charge is 2.57. The number of thioether (sulfide) groups is 1. The fourth-order valence-corrected chi connectivity index (χ4v) is 15.7. The van der Waals surface area contributed by atoms with Gasteiger partial charge in [-0.1, -0.05) is 55.4 Å². The maximum absolute atomic E-state index is 14.4. The number of aliphatic hydroxyl groups is 1. The van der Waals surface area contributed by atoms with E-state index in [9.17, 15) is 19.8 Å². The number of fused-ring (bicyclic) bond motifs is 2. The van der Waals surface area contributed by atoms with Gasteiger partial charge in [-0.3, -0.25) is 24.4 Å². The van der Waals surface area contributed by atoms with Crippen molar-refractivity contribution < 1.29 is 29.1 Å². The van der Waals surface area contributed by atoms with Gasteiger partial charge in [0.25, 0.3) is 0 Å². The van der Waals surface area contributed by atoms with Gasteiger partial charge in [-0.05, 0) is 93.2 Å². The molecule has 1 saturated carbocycles. The summed E-state index contributed by atoms with van der Waals surface area (Å²) in [5.41, 5.74) is 14.1. The fourth-order valence-electron chi connectivity index (χ4n) is 14.7. The number of hydrogen-bond donors (Lipinski definition) is 4. The van der Waals surface area contributed by atoms with Crippen LogP contribution in [0, 0.1) is 11.8 Å². The van der Waals surface area contributed by atoms with E-state index in [0.29, 0.717) is 58.3 Å². The number of phenols is 1. The van der Waals surface area contributed by atoms with Gasteiger partial charge < -0.3 is 50.1 Å². The number of nitrogens with zero attached hydrogens (tertiary/aromatic N) is 11. The van der Waals surface area contributed by atoms with E-state index < -0.39 is 18.1 Å². The molecule has 2 bridgehead atoms. The smallest absolute Gasteiger partial charge is 0.243 e. The Morgan fingerprint density at radius 2 is 1.67 bits per heavy atom. The zero-order valence-corrected chi connectivity index (χ0v) is 47.8. The molecule has 2 amide bonds. The lowest BCUT2D eigenvalue weighted by atomic mass is 9.72. The normalized spacial score (nSPS) is 28.0. The molecule has 5 N–H and O–H groups in total. The van der Waals surface area contributed by atoms with E-state index in [0.717, 1.165) is 114 Å². The van der Waals surface area contributed by atoms with Crippen molar-refractivity contribution in [2.24, 2.45) is 16.8 Å². The number of piperazine rings is 1. The number of nitrogen functional groups attached to an aromatic ring is 1. The predicted octanol–water partition coefficient (Wildman–Crippen LogP) is 7.04. The van der Waals surface area contributed by atoms with Crippen LogP contribution in [0.25, 0.3) is 11.3 Å². The van der Waals surface area contributed by atoms with Crippen LogP contribution in [0.3, 0.4) is 0 Å². The van der Waals surface area contributed by atoms with E-state index in [2.05, 4.69) is 86.3 Å². The van der Waals surface area contributed by atoms with Crippen LogP contribution in [0.1, 0.15) is 113 Å². The minimum absolute atomic E-state index is 0.0931. The van der Waals surface area contributed by atoms with Gasteiger partial charge in [0.1, 0.15) is 23.8 Å². The second-order valence-electron chi connectivity index (χ2n) is 24.9. The number of nitrogens with one attached hydrogen (secondary N) is 1. The van der Waals surface area contributed by atoms with Gasteiger partial charge in [0.2, 0.25) is 17.7 Å². The van der Waals surface area contributed by atoms with Gasteiger partial charge in [0, 0.05) is 131 Å². The number of aromatic nitrogens is 4. The molecule has 7 aliphatic heterocycles. The van der Waals surface area contributed by atoms with Crippen LogP contribution in [0.5, 0.6) is 11.6 Å². The Balaban J connectivity index is 0.552. The minimum Gasteiger partial charge on any atom is -0.507 e. The van der Waals surface area contributed by atoms with E-state index in [1.807, 2.05) is 68.9 Å². The maximum Gasteiger partial charge on any atom is 0.243 e. The number of amides is 2. The van der Waals surface area contributed by atoms with E-state index in [1.54, 1.807) is 28.8 Å². The van der Waals surface area contributed by atoms with Crippen molar-refractivity contribution in [3.05, 3.63) is 95.9 Å². The highest BCUT2D eigenvalue weighted by molar-refractivity contribution is 8.12. The summed E-state index contributed by atoms with van der Waals surface area (Å²) in [6, 6.07) is 23.9. The molecule has 20 heteroatoms. The van der Waals surface area contributed by atoms with Crippen LogP contribution in [0.4, 0.5) is 23.0 Å². The number of rotatable bonds is 16. The van der Waals surface area contributed by atoms with Crippen LogP contribution < -0.4 is 30.5 Å². The van der Waals surface area contributed by atoms with Crippen LogP contribution in [0.2, 0.25) is 0 Å². The molecule has 1 spiro atoms. The first-order valence-electron chi connectivity index (χ1n) is 29.6. The van der Waals surface area contributed by atoms with Gasteiger partial charge in [-0.2, -0.15) is 0 Å². The molecule has 3 unspecified atom stereocenters. The molecule has 7 fully saturated rings. The standard InChI is InChI=1S/C61H77N13O6S/c1-36(2)56(60(78)72-32-46(75)26-51(72)59(77)65-37(3)40-9-11-41(12-10-40)57-38(4)64-35-81-57)53-28-54(68-80-53)70-20-16-39(17-21-70)29-69-33-61(34-69)18-22-73(61)45-23-47(24-45)79-55-25-42(15-19-63-55)74-43-13-14-44(74)31-71(30-43)50-27-49(66-67-58(50)62)48-7-5-6-8-52(48)76/h5-12,15,19,25,27-28,35-39,43-47,51,56-57,75-76H,13-14,16-18,20-24,26,29-34H2,1-4H3,(H2,62,67)(H,65,77)/t37-,38?,43+,44?,45?,46+,47?,51-,56+,57?/m0/s1. The monoisotopic (exact) mass is 1120 g/mol. The van der Waals surface area contributed by atoms with Crippen LogP contribution >= 0.6 is 11.8 Å². The average molecular weight is 1120 g/mol. The maximum atomic E-state index is 14.4. The molecule has 13 rings (SSSR count). The number of aliphatic imine (C=N–C) groups is 1. The third-order valence-corrected chi connectivity index (χ3v) is 20.4. The van der Waals surface area contributed by atoms with E-state index in [-0.39, 0.29) is 59.9 Å². The average Bonchev–Trinajstić information content (AvgIpc) is 4.47. The summed E-state index contributed by atoms with van der Waals surface area (Å²) in [4.78, 5) is 51.6. The lowest BCUT2D eigenvalue weighted by Crippen LogP contribution is -2.80. The summed E-state index contributed by atoms with van der Waals surface area (Å²) in [6.45, 7) is 16.0. The fraction of sp³-hybridized carbons (Fsp3) is 0.557. The molecule has 3 aromatic heterocycles. The molecule has 8 aliphatic rings. The molecule has 8 atom stereocenters. The number of pyridine rings is 1. The van der Waals surface area contributed by atoms with Gasteiger partial charge in [-0.25, -0.2) is 4.98 Å². The molecule has 1 aliphatic carbocycles. The molecule has 10 heterocycles. The number of phenolic OH excluding ortho intramolecular Hbond substituents is 1. The van der Waals surface area contributed by atoms with Gasteiger partial charge in [-0.15, -0.1) is 22.0 Å². The number of aliphatic hydroxyl groups excluding tert-OH is 1. The number of likely N-dealkylation sites (tertiary alicyclic amines) is 3. The van der Waals surface area contributed by atoms with Crippen molar-refractivity contribution >= 4 is 52.1 Å². The van der Waals surface area contributed by atoms with E-state index >= 15 is 0 Å². The molecular formula is C61H77N13O6S. The summed E-state index contributed by atoms with van der Waals surface area (Å²) in [5.74, 6) is 1.86. The van der Waals surface area contributed by atoms with Crippen molar-refractivity contribution in [2.45, 2.75) is 144 Å². The molecule has 19 nitrogen and oxygen atoms in total. The molecule has 81 heavy (non-hydrogen) atoms. The topological polar surface area (TPSA) is 218 Å². The predicted molar refractivity (Wildman–Crippen MR) is 314 cm³/mol. The highest BCUT2D eigenvalue weighted by Crippen LogP contribution is 2.47. The number of ether oxygens (including phenoxy) is 1. The van der Waals surface area contributed by atoms with Crippen LogP contribution in [-0.4, -0.2) is 169 Å². The summed E-state index contributed by atoms with van der Waals surface area (Å²) in [7, 11) is 0. The third kappa shape index (κ3) is 10.5. The highest BCUT2D eigenvalue weighted by atomic mass is 32.2. The first-order valence-corrected chi connectivity index (χ1v) is 30.5. The van der Waals surface area contributed by atoms with Crippen molar-refractivity contribution in [1.29, 1.82) is 0 Å².